The number of para-hydroxylation sites is 1. The number of rotatable bonds is 6. The first-order chi connectivity index (χ1) is 12.1. The lowest BCUT2D eigenvalue weighted by atomic mass is 10.1. The lowest BCUT2D eigenvalue weighted by molar-refractivity contribution is -0.120. The van der Waals surface area contributed by atoms with E-state index in [1.807, 2.05) is 18.3 Å². The molecule has 1 heterocycles. The van der Waals surface area contributed by atoms with Crippen molar-refractivity contribution in [3.8, 4) is 0 Å². The molecule has 2 aromatic carbocycles. The molecule has 4 nitrogen and oxygen atoms in total. The van der Waals surface area contributed by atoms with E-state index in [2.05, 4.69) is 23.3 Å². The molecule has 25 heavy (non-hydrogen) atoms. The van der Waals surface area contributed by atoms with E-state index in [1.165, 1.54) is 29.8 Å². The minimum atomic E-state index is -0.862. The van der Waals surface area contributed by atoms with Crippen LogP contribution in [0.2, 0.25) is 0 Å². The monoisotopic (exact) mass is 340 g/mol. The van der Waals surface area contributed by atoms with Crippen LogP contribution in [0, 0.1) is 5.82 Å². The first-order valence-electron chi connectivity index (χ1n) is 8.36. The Morgan fingerprint density at radius 2 is 1.96 bits per heavy atom. The molecule has 1 amide bonds. The second-order valence-electron chi connectivity index (χ2n) is 6.06. The normalized spacial score (nSPS) is 12.3. The van der Waals surface area contributed by atoms with Crippen LogP contribution >= 0.6 is 0 Å². The standard InChI is InChI=1S/C20H21FN2O2/c1-2-13-4-3-5-17-15(11-23-20(13)17)10-19(25)22-12-18(24)14-6-8-16(21)9-7-14/h3-9,11,18,23-24H,2,10,12H2,1H3,(H,22,25). The van der Waals surface area contributed by atoms with Crippen LogP contribution in [0.1, 0.15) is 29.7 Å². The van der Waals surface area contributed by atoms with Gasteiger partial charge < -0.3 is 15.4 Å². The zero-order valence-corrected chi connectivity index (χ0v) is 14.1. The summed E-state index contributed by atoms with van der Waals surface area (Å²) in [7, 11) is 0. The van der Waals surface area contributed by atoms with E-state index in [1.54, 1.807) is 0 Å². The van der Waals surface area contributed by atoms with Gasteiger partial charge in [0.1, 0.15) is 5.82 Å². The molecule has 0 aliphatic rings. The molecule has 0 fully saturated rings. The van der Waals surface area contributed by atoms with E-state index in [0.29, 0.717) is 5.56 Å². The number of aliphatic hydroxyl groups excluding tert-OH is 1. The summed E-state index contributed by atoms with van der Waals surface area (Å²) in [5.74, 6) is -0.519. The molecular weight excluding hydrogens is 319 g/mol. The number of carbonyl (C=O) groups is 1. The number of hydrogen-bond acceptors (Lipinski definition) is 2. The molecular formula is C20H21FN2O2. The fourth-order valence-electron chi connectivity index (χ4n) is 2.96. The van der Waals surface area contributed by atoms with E-state index in [0.717, 1.165) is 22.9 Å². The molecule has 1 aromatic heterocycles. The molecule has 5 heteroatoms. The number of hydrogen-bond donors (Lipinski definition) is 3. The zero-order chi connectivity index (χ0) is 17.8. The number of fused-ring (bicyclic) bond motifs is 1. The molecule has 1 unspecified atom stereocenters. The van der Waals surface area contributed by atoms with E-state index >= 15 is 0 Å². The molecule has 0 saturated carbocycles. The largest absolute Gasteiger partial charge is 0.387 e. The SMILES string of the molecule is CCc1cccc2c(CC(=O)NCC(O)c3ccc(F)cc3)c[nH]c12. The van der Waals surface area contributed by atoms with Crippen LogP contribution in [0.15, 0.2) is 48.7 Å². The molecule has 0 saturated heterocycles. The molecule has 0 aliphatic heterocycles. The summed E-state index contributed by atoms with van der Waals surface area (Å²) < 4.78 is 12.9. The molecule has 3 rings (SSSR count). The Morgan fingerprint density at radius 1 is 1.20 bits per heavy atom. The van der Waals surface area contributed by atoms with Gasteiger partial charge in [0.05, 0.1) is 12.5 Å². The maximum atomic E-state index is 12.9. The number of aromatic amines is 1. The molecule has 0 spiro atoms. The first-order valence-corrected chi connectivity index (χ1v) is 8.36. The number of carbonyl (C=O) groups excluding carboxylic acids is 1. The van der Waals surface area contributed by atoms with Gasteiger partial charge in [0.15, 0.2) is 0 Å². The average molecular weight is 340 g/mol. The Bertz CT molecular complexity index is 871. The lowest BCUT2D eigenvalue weighted by Gasteiger charge is -2.12. The lowest BCUT2D eigenvalue weighted by Crippen LogP contribution is -2.29. The van der Waals surface area contributed by atoms with Crippen LogP contribution in [0.3, 0.4) is 0 Å². The van der Waals surface area contributed by atoms with Gasteiger partial charge in [-0.2, -0.15) is 0 Å². The van der Waals surface area contributed by atoms with Crippen molar-refractivity contribution in [3.05, 3.63) is 71.2 Å². The van der Waals surface area contributed by atoms with E-state index in [9.17, 15) is 14.3 Å². The third-order valence-corrected chi connectivity index (χ3v) is 4.37. The second kappa shape index (κ2) is 7.49. The van der Waals surface area contributed by atoms with Crippen LogP contribution in [-0.4, -0.2) is 22.5 Å². The minimum absolute atomic E-state index is 0.0903. The smallest absolute Gasteiger partial charge is 0.224 e. The molecule has 3 aromatic rings. The number of aromatic nitrogens is 1. The van der Waals surface area contributed by atoms with Gasteiger partial charge in [-0.3, -0.25) is 4.79 Å². The molecule has 0 radical (unpaired) electrons. The number of amides is 1. The number of benzene rings is 2. The van der Waals surface area contributed by atoms with E-state index in [4.69, 9.17) is 0 Å². The predicted octanol–water partition coefficient (Wildman–Crippen LogP) is 3.26. The zero-order valence-electron chi connectivity index (χ0n) is 14.1. The maximum Gasteiger partial charge on any atom is 0.224 e. The van der Waals surface area contributed by atoms with Gasteiger partial charge in [-0.25, -0.2) is 4.39 Å². The highest BCUT2D eigenvalue weighted by Crippen LogP contribution is 2.22. The van der Waals surface area contributed by atoms with Crippen LogP contribution < -0.4 is 5.32 Å². The van der Waals surface area contributed by atoms with Crippen molar-refractivity contribution in [2.24, 2.45) is 0 Å². The van der Waals surface area contributed by atoms with Crippen LogP contribution in [0.25, 0.3) is 10.9 Å². The number of aryl methyl sites for hydroxylation is 1. The van der Waals surface area contributed by atoms with Gasteiger partial charge in [0.25, 0.3) is 0 Å². The highest BCUT2D eigenvalue weighted by atomic mass is 19.1. The Balaban J connectivity index is 1.62. The fraction of sp³-hybridized carbons (Fsp3) is 0.250. The number of halogens is 1. The summed E-state index contributed by atoms with van der Waals surface area (Å²) in [6.45, 7) is 2.19. The van der Waals surface area contributed by atoms with Gasteiger partial charge in [-0.1, -0.05) is 37.3 Å². The highest BCUT2D eigenvalue weighted by molar-refractivity contribution is 5.90. The van der Waals surface area contributed by atoms with Crippen molar-refractivity contribution in [3.63, 3.8) is 0 Å². The van der Waals surface area contributed by atoms with Gasteiger partial charge in [-0.15, -0.1) is 0 Å². The maximum absolute atomic E-state index is 12.9. The van der Waals surface area contributed by atoms with Crippen molar-refractivity contribution in [1.82, 2.24) is 10.3 Å². The van der Waals surface area contributed by atoms with Crippen molar-refractivity contribution < 1.29 is 14.3 Å². The third-order valence-electron chi connectivity index (χ3n) is 4.37. The third kappa shape index (κ3) is 3.88. The second-order valence-corrected chi connectivity index (χ2v) is 6.06. The Morgan fingerprint density at radius 3 is 2.68 bits per heavy atom. The highest BCUT2D eigenvalue weighted by Gasteiger charge is 2.13. The van der Waals surface area contributed by atoms with Gasteiger partial charge in [0.2, 0.25) is 5.91 Å². The van der Waals surface area contributed by atoms with Crippen molar-refractivity contribution in [2.75, 3.05) is 6.54 Å². The summed E-state index contributed by atoms with van der Waals surface area (Å²) in [5.41, 5.74) is 3.79. The molecule has 3 N–H and O–H groups in total. The summed E-state index contributed by atoms with van der Waals surface area (Å²) in [4.78, 5) is 15.4. The fourth-order valence-corrected chi connectivity index (χ4v) is 2.96. The van der Waals surface area contributed by atoms with Gasteiger partial charge in [-0.05, 0) is 35.2 Å². The Hall–Kier alpha value is -2.66. The van der Waals surface area contributed by atoms with Crippen molar-refractivity contribution >= 4 is 16.8 Å². The Kier molecular flexibility index (Phi) is 5.14. The molecule has 1 atom stereocenters. The first kappa shape index (κ1) is 17.2. The molecule has 130 valence electrons. The van der Waals surface area contributed by atoms with Crippen molar-refractivity contribution in [2.45, 2.75) is 25.9 Å². The molecule has 0 bridgehead atoms. The van der Waals surface area contributed by atoms with Crippen LogP contribution in [0.5, 0.6) is 0 Å². The number of nitrogens with one attached hydrogen (secondary N) is 2. The minimum Gasteiger partial charge on any atom is -0.387 e. The summed E-state index contributed by atoms with van der Waals surface area (Å²) in [5, 5.41) is 13.9. The Labute approximate surface area is 145 Å². The predicted molar refractivity (Wildman–Crippen MR) is 95.8 cm³/mol. The quantitative estimate of drug-likeness (QED) is 0.645. The van der Waals surface area contributed by atoms with Gasteiger partial charge >= 0.3 is 0 Å². The van der Waals surface area contributed by atoms with Crippen LogP contribution in [0.4, 0.5) is 4.39 Å². The summed E-state index contributed by atoms with van der Waals surface area (Å²) >= 11 is 0. The number of aliphatic hydroxyl groups is 1. The van der Waals surface area contributed by atoms with Crippen LogP contribution in [-0.2, 0) is 17.6 Å². The van der Waals surface area contributed by atoms with Gasteiger partial charge in [0, 0.05) is 23.6 Å². The average Bonchev–Trinajstić information content (AvgIpc) is 3.03. The van der Waals surface area contributed by atoms with E-state index in [-0.39, 0.29) is 24.7 Å². The van der Waals surface area contributed by atoms with E-state index < -0.39 is 6.10 Å². The summed E-state index contributed by atoms with van der Waals surface area (Å²) in [6, 6.07) is 11.7. The molecule has 0 aliphatic carbocycles. The topological polar surface area (TPSA) is 65.1 Å². The summed E-state index contributed by atoms with van der Waals surface area (Å²) in [6.07, 6.45) is 2.16. The number of H-pyrrole nitrogens is 1. The van der Waals surface area contributed by atoms with Crippen molar-refractivity contribution in [1.29, 1.82) is 0 Å².